The van der Waals surface area contributed by atoms with Crippen LogP contribution in [-0.2, 0) is 6.54 Å². The van der Waals surface area contributed by atoms with Crippen LogP contribution < -0.4 is 15.5 Å². The highest BCUT2D eigenvalue weighted by Crippen LogP contribution is 2.18. The normalized spacial score (nSPS) is 15.1. The van der Waals surface area contributed by atoms with Gasteiger partial charge in [-0.3, -0.25) is 0 Å². The zero-order valence-electron chi connectivity index (χ0n) is 16.5. The van der Waals surface area contributed by atoms with E-state index in [4.69, 9.17) is 4.99 Å². The number of rotatable bonds is 5. The maximum atomic E-state index is 4.80. The molecule has 0 saturated carbocycles. The van der Waals surface area contributed by atoms with Crippen molar-refractivity contribution in [1.29, 1.82) is 0 Å². The van der Waals surface area contributed by atoms with Crippen molar-refractivity contribution in [2.45, 2.75) is 39.3 Å². The van der Waals surface area contributed by atoms with Gasteiger partial charge in [0.05, 0.1) is 6.54 Å². The Labute approximate surface area is 193 Å². The fourth-order valence-electron chi connectivity index (χ4n) is 3.31. The van der Waals surface area contributed by atoms with E-state index in [0.717, 1.165) is 48.7 Å². The third kappa shape index (κ3) is 6.62. The zero-order valence-corrected chi connectivity index (χ0v) is 20.4. The monoisotopic (exact) mass is 557 g/mol. The van der Waals surface area contributed by atoms with E-state index < -0.39 is 0 Å². The Hall–Kier alpha value is -1.35. The van der Waals surface area contributed by atoms with Gasteiger partial charge in [0, 0.05) is 36.3 Å². The summed E-state index contributed by atoms with van der Waals surface area (Å²) in [6.45, 7) is 7.80. The third-order valence-corrected chi connectivity index (χ3v) is 5.36. The van der Waals surface area contributed by atoms with Crippen LogP contribution >= 0.6 is 39.9 Å². The van der Waals surface area contributed by atoms with Gasteiger partial charge in [-0.25, -0.2) is 9.98 Å². The maximum Gasteiger partial charge on any atom is 0.191 e. The minimum Gasteiger partial charge on any atom is -0.357 e. The Morgan fingerprint density at radius 3 is 2.68 bits per heavy atom. The topological polar surface area (TPSA) is 52.6 Å². The van der Waals surface area contributed by atoms with Gasteiger partial charge in [-0.2, -0.15) is 0 Å². The van der Waals surface area contributed by atoms with Gasteiger partial charge in [-0.05, 0) is 62.1 Å². The second-order valence-electron chi connectivity index (χ2n) is 6.86. The lowest BCUT2D eigenvalue weighted by Crippen LogP contribution is -2.48. The lowest BCUT2D eigenvalue weighted by Gasteiger charge is -2.33. The molecule has 0 amide bonds. The summed E-state index contributed by atoms with van der Waals surface area (Å²) in [5.41, 5.74) is 2.51. The maximum absolute atomic E-state index is 4.80. The molecule has 0 atom stereocenters. The molecule has 0 aliphatic carbocycles. The molecule has 0 radical (unpaired) electrons. The predicted molar refractivity (Wildman–Crippen MR) is 132 cm³/mol. The number of benzene rings is 1. The van der Waals surface area contributed by atoms with Gasteiger partial charge in [0.1, 0.15) is 5.82 Å². The first-order valence-corrected chi connectivity index (χ1v) is 10.4. The van der Waals surface area contributed by atoms with Gasteiger partial charge in [0.2, 0.25) is 0 Å². The minimum absolute atomic E-state index is 0. The Morgan fingerprint density at radius 2 is 2.04 bits per heavy atom. The SMILES string of the molecule is CCNC(=NCc1ccc(Br)cc1C)NC1CCN(c2ccccn2)CC1.I. The summed E-state index contributed by atoms with van der Waals surface area (Å²) in [6, 6.07) is 12.9. The number of nitrogens with zero attached hydrogens (tertiary/aromatic N) is 3. The number of aryl methyl sites for hydroxylation is 1. The average Bonchev–Trinajstić information content (AvgIpc) is 2.68. The molecule has 2 N–H and O–H groups in total. The largest absolute Gasteiger partial charge is 0.357 e. The van der Waals surface area contributed by atoms with Crippen molar-refractivity contribution < 1.29 is 0 Å². The molecule has 0 spiro atoms. The number of nitrogens with one attached hydrogen (secondary N) is 2. The van der Waals surface area contributed by atoms with Gasteiger partial charge >= 0.3 is 0 Å². The van der Waals surface area contributed by atoms with E-state index in [2.05, 4.69) is 74.6 Å². The van der Waals surface area contributed by atoms with E-state index in [9.17, 15) is 0 Å². The molecule has 152 valence electrons. The molecule has 1 aromatic carbocycles. The van der Waals surface area contributed by atoms with Crippen molar-refractivity contribution in [1.82, 2.24) is 15.6 Å². The van der Waals surface area contributed by atoms with E-state index in [1.54, 1.807) is 0 Å². The molecule has 2 aromatic rings. The van der Waals surface area contributed by atoms with Crippen LogP contribution in [0.4, 0.5) is 5.82 Å². The smallest absolute Gasteiger partial charge is 0.191 e. The molecule has 1 aromatic heterocycles. The van der Waals surface area contributed by atoms with Crippen LogP contribution in [0.3, 0.4) is 0 Å². The molecular formula is C21H29BrIN5. The van der Waals surface area contributed by atoms with Crippen molar-refractivity contribution >= 4 is 51.7 Å². The van der Waals surface area contributed by atoms with Crippen LogP contribution in [0, 0.1) is 6.92 Å². The number of aromatic nitrogens is 1. The summed E-state index contributed by atoms with van der Waals surface area (Å²) in [5, 5.41) is 6.99. The van der Waals surface area contributed by atoms with Gasteiger partial charge in [-0.1, -0.05) is 28.1 Å². The predicted octanol–water partition coefficient (Wildman–Crippen LogP) is 4.49. The molecule has 0 bridgehead atoms. The number of halogens is 2. The highest BCUT2D eigenvalue weighted by atomic mass is 127. The molecule has 1 aliphatic rings. The summed E-state index contributed by atoms with van der Waals surface area (Å²) in [6.07, 6.45) is 4.02. The van der Waals surface area contributed by atoms with Crippen molar-refractivity contribution in [2.24, 2.45) is 4.99 Å². The van der Waals surface area contributed by atoms with Crippen LogP contribution in [0.25, 0.3) is 0 Å². The summed E-state index contributed by atoms with van der Waals surface area (Å²) in [4.78, 5) is 11.6. The summed E-state index contributed by atoms with van der Waals surface area (Å²) in [5.74, 6) is 1.97. The van der Waals surface area contributed by atoms with Crippen molar-refractivity contribution in [2.75, 3.05) is 24.5 Å². The molecule has 0 unspecified atom stereocenters. The summed E-state index contributed by atoms with van der Waals surface area (Å²) >= 11 is 3.52. The molecule has 1 aliphatic heterocycles. The third-order valence-electron chi connectivity index (χ3n) is 4.87. The Kier molecular flexibility index (Phi) is 9.50. The first-order chi connectivity index (χ1) is 13.2. The number of piperidine rings is 1. The van der Waals surface area contributed by atoms with Crippen molar-refractivity contribution in [3.8, 4) is 0 Å². The minimum atomic E-state index is 0. The van der Waals surface area contributed by atoms with Gasteiger partial charge in [0.15, 0.2) is 5.96 Å². The highest BCUT2D eigenvalue weighted by molar-refractivity contribution is 14.0. The molecule has 3 rings (SSSR count). The molecule has 1 saturated heterocycles. The lowest BCUT2D eigenvalue weighted by molar-refractivity contribution is 0.459. The molecule has 1 fully saturated rings. The number of hydrogen-bond donors (Lipinski definition) is 2. The number of aliphatic imine (C=N–C) groups is 1. The Morgan fingerprint density at radius 1 is 1.25 bits per heavy atom. The molecule has 28 heavy (non-hydrogen) atoms. The number of anilines is 1. The van der Waals surface area contributed by atoms with E-state index in [1.165, 1.54) is 11.1 Å². The summed E-state index contributed by atoms with van der Waals surface area (Å²) < 4.78 is 1.11. The number of pyridine rings is 1. The molecule has 5 nitrogen and oxygen atoms in total. The van der Waals surface area contributed by atoms with E-state index in [1.807, 2.05) is 18.3 Å². The first-order valence-electron chi connectivity index (χ1n) is 9.61. The van der Waals surface area contributed by atoms with E-state index >= 15 is 0 Å². The van der Waals surface area contributed by atoms with Crippen LogP contribution in [0.2, 0.25) is 0 Å². The Balaban J connectivity index is 0.00000280. The van der Waals surface area contributed by atoms with Gasteiger partial charge in [-0.15, -0.1) is 24.0 Å². The fraction of sp³-hybridized carbons (Fsp3) is 0.429. The molecule has 7 heteroatoms. The standard InChI is InChI=1S/C21H28BrN5.HI/c1-3-23-21(25-15-17-7-8-18(22)14-16(17)2)26-19-9-12-27(13-10-19)20-6-4-5-11-24-20;/h4-8,11,14,19H,3,9-10,12-13,15H2,1-2H3,(H2,23,25,26);1H. The van der Waals surface area contributed by atoms with Crippen LogP contribution in [0.1, 0.15) is 30.9 Å². The van der Waals surface area contributed by atoms with Gasteiger partial charge in [0.25, 0.3) is 0 Å². The zero-order chi connectivity index (χ0) is 19.1. The highest BCUT2D eigenvalue weighted by Gasteiger charge is 2.20. The first kappa shape index (κ1) is 22.9. The number of guanidine groups is 1. The van der Waals surface area contributed by atoms with Crippen molar-refractivity contribution in [3.05, 3.63) is 58.2 Å². The average molecular weight is 558 g/mol. The second kappa shape index (κ2) is 11.6. The fourth-order valence-corrected chi connectivity index (χ4v) is 3.78. The molecular weight excluding hydrogens is 529 g/mol. The van der Waals surface area contributed by atoms with Crippen LogP contribution in [0.5, 0.6) is 0 Å². The van der Waals surface area contributed by atoms with E-state index in [-0.39, 0.29) is 24.0 Å². The van der Waals surface area contributed by atoms with Crippen LogP contribution in [0.15, 0.2) is 52.1 Å². The van der Waals surface area contributed by atoms with Crippen molar-refractivity contribution in [3.63, 3.8) is 0 Å². The lowest BCUT2D eigenvalue weighted by atomic mass is 10.1. The molecule has 2 heterocycles. The van der Waals surface area contributed by atoms with E-state index in [0.29, 0.717) is 12.6 Å². The second-order valence-corrected chi connectivity index (χ2v) is 7.78. The van der Waals surface area contributed by atoms with Gasteiger partial charge < -0.3 is 15.5 Å². The Bertz CT molecular complexity index is 761. The van der Waals surface area contributed by atoms with Crippen LogP contribution in [-0.4, -0.2) is 36.6 Å². The summed E-state index contributed by atoms with van der Waals surface area (Å²) in [7, 11) is 0. The quantitative estimate of drug-likeness (QED) is 0.323. The number of hydrogen-bond acceptors (Lipinski definition) is 3.